The van der Waals surface area contributed by atoms with Crippen molar-refractivity contribution >= 4 is 5.78 Å². The van der Waals surface area contributed by atoms with Crippen LogP contribution in [0.5, 0.6) is 0 Å². The van der Waals surface area contributed by atoms with Crippen molar-refractivity contribution < 1.29 is 4.79 Å². The molecule has 3 aromatic carbocycles. The molecule has 0 spiro atoms. The summed E-state index contributed by atoms with van der Waals surface area (Å²) in [6, 6.07) is 31.6. The Kier molecular flexibility index (Phi) is 6.12. The molecule has 1 fully saturated rings. The summed E-state index contributed by atoms with van der Waals surface area (Å²) in [5.74, 6) is 0.171. The molecule has 1 unspecified atom stereocenters. The number of hydrogen-bond donors (Lipinski definition) is 0. The van der Waals surface area contributed by atoms with Crippen LogP contribution in [0.3, 0.4) is 0 Å². The van der Waals surface area contributed by atoms with Gasteiger partial charge in [0, 0.05) is 32.2 Å². The Bertz CT molecular complexity index is 908. The van der Waals surface area contributed by atoms with E-state index in [0.717, 1.165) is 37.3 Å². The number of ketones is 1. The van der Waals surface area contributed by atoms with E-state index in [9.17, 15) is 4.79 Å². The van der Waals surface area contributed by atoms with Gasteiger partial charge in [0.1, 0.15) is 5.54 Å². The van der Waals surface area contributed by atoms with Crippen LogP contribution in [0.2, 0.25) is 0 Å². The van der Waals surface area contributed by atoms with E-state index in [2.05, 4.69) is 71.3 Å². The maximum absolute atomic E-state index is 13.3. The number of hydrogen-bond acceptors (Lipinski definition) is 3. The second-order valence-electron chi connectivity index (χ2n) is 8.11. The first-order valence-corrected chi connectivity index (χ1v) is 10.8. The molecule has 0 amide bonds. The minimum absolute atomic E-state index is 0.171. The quantitative estimate of drug-likeness (QED) is 0.590. The Morgan fingerprint density at radius 1 is 0.733 bits per heavy atom. The van der Waals surface area contributed by atoms with Crippen molar-refractivity contribution in [2.75, 3.05) is 26.2 Å². The van der Waals surface area contributed by atoms with Gasteiger partial charge in [-0.15, -0.1) is 0 Å². The zero-order valence-electron chi connectivity index (χ0n) is 17.9. The molecular weight excluding hydrogens is 368 g/mol. The second kappa shape index (κ2) is 8.95. The van der Waals surface area contributed by atoms with Crippen LogP contribution >= 0.6 is 0 Å². The number of carbonyl (C=O) groups is 1. The summed E-state index contributed by atoms with van der Waals surface area (Å²) in [7, 11) is 0. The number of benzene rings is 3. The molecule has 3 heteroatoms. The summed E-state index contributed by atoms with van der Waals surface area (Å²) in [5, 5.41) is 0. The Hall–Kier alpha value is -2.75. The highest BCUT2D eigenvalue weighted by molar-refractivity contribution is 5.91. The lowest BCUT2D eigenvalue weighted by atomic mass is 9.77. The summed E-state index contributed by atoms with van der Waals surface area (Å²) in [5.41, 5.74) is 2.70. The minimum atomic E-state index is -0.745. The fourth-order valence-electron chi connectivity index (χ4n) is 4.91. The first kappa shape index (κ1) is 20.5. The molecule has 0 radical (unpaired) electrons. The Morgan fingerprint density at radius 2 is 1.17 bits per heavy atom. The molecule has 0 aromatic heterocycles. The van der Waals surface area contributed by atoms with Gasteiger partial charge in [0.2, 0.25) is 0 Å². The molecule has 0 saturated carbocycles. The maximum atomic E-state index is 13.3. The predicted molar refractivity (Wildman–Crippen MR) is 122 cm³/mol. The van der Waals surface area contributed by atoms with Crippen molar-refractivity contribution in [3.05, 3.63) is 108 Å². The predicted octanol–water partition coefficient (Wildman–Crippen LogP) is 4.90. The maximum Gasteiger partial charge on any atom is 0.159 e. The molecule has 1 aliphatic rings. The number of nitrogens with zero attached hydrogens (tertiary/aromatic N) is 2. The van der Waals surface area contributed by atoms with E-state index in [0.29, 0.717) is 6.04 Å². The highest BCUT2D eigenvalue weighted by Crippen LogP contribution is 2.38. The van der Waals surface area contributed by atoms with Crippen molar-refractivity contribution in [2.24, 2.45) is 0 Å². The van der Waals surface area contributed by atoms with Crippen LogP contribution in [0.1, 0.15) is 36.6 Å². The topological polar surface area (TPSA) is 23.6 Å². The molecule has 0 bridgehead atoms. The zero-order valence-corrected chi connectivity index (χ0v) is 17.9. The van der Waals surface area contributed by atoms with Gasteiger partial charge in [0.15, 0.2) is 5.78 Å². The summed E-state index contributed by atoms with van der Waals surface area (Å²) in [6.45, 7) is 7.58. The van der Waals surface area contributed by atoms with Crippen LogP contribution in [0.25, 0.3) is 0 Å². The van der Waals surface area contributed by atoms with E-state index >= 15 is 0 Å². The Labute approximate surface area is 180 Å². The second-order valence-corrected chi connectivity index (χ2v) is 8.11. The number of piperazine rings is 1. The number of Topliss-reactive ketones (excluding diaryl/α,β-unsaturated/α-hetero) is 1. The normalized spacial score (nSPS) is 16.9. The standard InChI is InChI=1S/C27H30N2O/c1-22(24-12-6-3-7-13-24)28-18-20-29(21-19-28)27(23(2)30,25-14-8-4-9-15-25)26-16-10-5-11-17-26/h3-17,22H,18-21H2,1-2H3. The van der Waals surface area contributed by atoms with Crippen molar-refractivity contribution in [1.82, 2.24) is 9.80 Å². The molecule has 1 heterocycles. The van der Waals surface area contributed by atoms with E-state index in [1.54, 1.807) is 6.92 Å². The third-order valence-corrected chi connectivity index (χ3v) is 6.51. The lowest BCUT2D eigenvalue weighted by Crippen LogP contribution is -2.59. The van der Waals surface area contributed by atoms with Gasteiger partial charge in [0.25, 0.3) is 0 Å². The van der Waals surface area contributed by atoms with Gasteiger partial charge < -0.3 is 0 Å². The first-order chi connectivity index (χ1) is 14.6. The highest BCUT2D eigenvalue weighted by Gasteiger charge is 2.45. The third kappa shape index (κ3) is 3.71. The monoisotopic (exact) mass is 398 g/mol. The smallest absolute Gasteiger partial charge is 0.159 e. The molecule has 0 aliphatic carbocycles. The molecule has 3 aromatic rings. The van der Waals surface area contributed by atoms with Crippen LogP contribution in [-0.4, -0.2) is 41.8 Å². The third-order valence-electron chi connectivity index (χ3n) is 6.51. The molecular formula is C27H30N2O. The summed E-state index contributed by atoms with van der Waals surface area (Å²) in [6.07, 6.45) is 0. The summed E-state index contributed by atoms with van der Waals surface area (Å²) < 4.78 is 0. The van der Waals surface area contributed by atoms with Gasteiger partial charge in [-0.1, -0.05) is 91.0 Å². The molecule has 1 aliphatic heterocycles. The van der Waals surface area contributed by atoms with Crippen LogP contribution in [-0.2, 0) is 10.3 Å². The summed E-state index contributed by atoms with van der Waals surface area (Å²) in [4.78, 5) is 18.3. The largest absolute Gasteiger partial charge is 0.297 e. The van der Waals surface area contributed by atoms with E-state index in [4.69, 9.17) is 0 Å². The van der Waals surface area contributed by atoms with Gasteiger partial charge in [-0.3, -0.25) is 14.6 Å². The van der Waals surface area contributed by atoms with Crippen molar-refractivity contribution in [2.45, 2.75) is 25.4 Å². The molecule has 1 atom stereocenters. The molecule has 154 valence electrons. The van der Waals surface area contributed by atoms with Gasteiger partial charge in [-0.25, -0.2) is 0 Å². The fourth-order valence-corrected chi connectivity index (χ4v) is 4.91. The summed E-state index contributed by atoms with van der Waals surface area (Å²) >= 11 is 0. The lowest BCUT2D eigenvalue weighted by Gasteiger charge is -2.48. The highest BCUT2D eigenvalue weighted by atomic mass is 16.1. The van der Waals surface area contributed by atoms with Crippen molar-refractivity contribution in [3.8, 4) is 0 Å². The van der Waals surface area contributed by atoms with Gasteiger partial charge in [-0.05, 0) is 30.5 Å². The van der Waals surface area contributed by atoms with E-state index in [1.807, 2.05) is 36.4 Å². The first-order valence-electron chi connectivity index (χ1n) is 10.8. The molecule has 30 heavy (non-hydrogen) atoms. The number of rotatable bonds is 6. The fraction of sp³-hybridized carbons (Fsp3) is 0.296. The van der Waals surface area contributed by atoms with Gasteiger partial charge in [-0.2, -0.15) is 0 Å². The minimum Gasteiger partial charge on any atom is -0.297 e. The van der Waals surface area contributed by atoms with Crippen LogP contribution in [0.15, 0.2) is 91.0 Å². The molecule has 1 saturated heterocycles. The molecule has 3 nitrogen and oxygen atoms in total. The SMILES string of the molecule is CC(=O)C(c1ccccc1)(c1ccccc1)N1CCN(C(C)c2ccccc2)CC1. The zero-order chi connectivity index (χ0) is 21.0. The van der Waals surface area contributed by atoms with Gasteiger partial charge in [0.05, 0.1) is 0 Å². The molecule has 4 rings (SSSR count). The lowest BCUT2D eigenvalue weighted by molar-refractivity contribution is -0.128. The van der Waals surface area contributed by atoms with Crippen LogP contribution in [0.4, 0.5) is 0 Å². The van der Waals surface area contributed by atoms with Crippen LogP contribution in [0, 0.1) is 0 Å². The Balaban J connectivity index is 1.66. The average Bonchev–Trinajstić information content (AvgIpc) is 2.81. The van der Waals surface area contributed by atoms with Gasteiger partial charge >= 0.3 is 0 Å². The van der Waals surface area contributed by atoms with E-state index in [1.165, 1.54) is 5.56 Å². The number of carbonyl (C=O) groups excluding carboxylic acids is 1. The van der Waals surface area contributed by atoms with E-state index in [-0.39, 0.29) is 5.78 Å². The van der Waals surface area contributed by atoms with Crippen LogP contribution < -0.4 is 0 Å². The average molecular weight is 399 g/mol. The van der Waals surface area contributed by atoms with Crippen molar-refractivity contribution in [3.63, 3.8) is 0 Å². The Morgan fingerprint density at radius 3 is 1.60 bits per heavy atom. The van der Waals surface area contributed by atoms with E-state index < -0.39 is 5.54 Å². The van der Waals surface area contributed by atoms with Crippen molar-refractivity contribution in [1.29, 1.82) is 0 Å². The molecule has 0 N–H and O–H groups in total.